The van der Waals surface area contributed by atoms with Gasteiger partial charge in [0.2, 0.25) is 0 Å². The molecular formula is C13H15NO6. The number of hydrogen-bond donors (Lipinski definition) is 1. The molecule has 0 spiro atoms. The SMILES string of the molecule is O=C(O)c1ccc([N+](=O)[O-])c(OCC2CCOCC2)c1. The summed E-state index contributed by atoms with van der Waals surface area (Å²) < 4.78 is 10.7. The molecule has 0 aromatic heterocycles. The van der Waals surface area contributed by atoms with Crippen molar-refractivity contribution in [2.45, 2.75) is 12.8 Å². The molecule has 0 radical (unpaired) electrons. The first-order valence-corrected chi connectivity index (χ1v) is 6.30. The largest absolute Gasteiger partial charge is 0.486 e. The zero-order valence-corrected chi connectivity index (χ0v) is 10.8. The molecule has 1 saturated heterocycles. The molecule has 108 valence electrons. The summed E-state index contributed by atoms with van der Waals surface area (Å²) in [5, 5.41) is 19.8. The zero-order chi connectivity index (χ0) is 14.5. The average molecular weight is 281 g/mol. The maximum absolute atomic E-state index is 10.9. The lowest BCUT2D eigenvalue weighted by Gasteiger charge is -2.22. The molecule has 1 N–H and O–H groups in total. The van der Waals surface area contributed by atoms with Gasteiger partial charge in [-0.25, -0.2) is 4.79 Å². The van der Waals surface area contributed by atoms with Gasteiger partial charge in [0, 0.05) is 25.3 Å². The van der Waals surface area contributed by atoms with E-state index in [0.29, 0.717) is 19.8 Å². The summed E-state index contributed by atoms with van der Waals surface area (Å²) in [5.41, 5.74) is -0.250. The molecule has 1 aromatic carbocycles. The number of benzene rings is 1. The molecule has 0 unspecified atom stereocenters. The van der Waals surface area contributed by atoms with E-state index in [2.05, 4.69) is 0 Å². The molecule has 0 bridgehead atoms. The van der Waals surface area contributed by atoms with Crippen LogP contribution in [0.4, 0.5) is 5.69 Å². The molecule has 7 heteroatoms. The summed E-state index contributed by atoms with van der Waals surface area (Å²) in [6.45, 7) is 1.64. The number of carbonyl (C=O) groups is 1. The lowest BCUT2D eigenvalue weighted by molar-refractivity contribution is -0.385. The molecule has 0 amide bonds. The molecule has 0 saturated carbocycles. The molecule has 2 rings (SSSR count). The molecule has 0 aliphatic carbocycles. The molecule has 0 atom stereocenters. The number of carboxylic acid groups (broad SMARTS) is 1. The molecule has 20 heavy (non-hydrogen) atoms. The Kier molecular flexibility index (Phi) is 4.52. The van der Waals surface area contributed by atoms with Crippen LogP contribution in [0.2, 0.25) is 0 Å². The Morgan fingerprint density at radius 1 is 1.45 bits per heavy atom. The average Bonchev–Trinajstić information content (AvgIpc) is 2.45. The van der Waals surface area contributed by atoms with E-state index < -0.39 is 10.9 Å². The predicted octanol–water partition coefficient (Wildman–Crippen LogP) is 2.10. The highest BCUT2D eigenvalue weighted by molar-refractivity contribution is 5.88. The first-order chi connectivity index (χ1) is 9.58. The molecule has 7 nitrogen and oxygen atoms in total. The van der Waals surface area contributed by atoms with Crippen LogP contribution in [0.5, 0.6) is 5.75 Å². The first-order valence-electron chi connectivity index (χ1n) is 6.30. The third-order valence-electron chi connectivity index (χ3n) is 3.22. The van der Waals surface area contributed by atoms with Crippen LogP contribution in [0.1, 0.15) is 23.2 Å². The number of ether oxygens (including phenoxy) is 2. The first kappa shape index (κ1) is 14.3. The monoisotopic (exact) mass is 281 g/mol. The smallest absolute Gasteiger partial charge is 0.335 e. The Labute approximate surface area is 115 Å². The molecular weight excluding hydrogens is 266 g/mol. The summed E-state index contributed by atoms with van der Waals surface area (Å²) in [6.07, 6.45) is 1.68. The lowest BCUT2D eigenvalue weighted by Crippen LogP contribution is -2.21. The Morgan fingerprint density at radius 2 is 2.15 bits per heavy atom. The fraction of sp³-hybridized carbons (Fsp3) is 0.462. The van der Waals surface area contributed by atoms with Gasteiger partial charge in [-0.1, -0.05) is 0 Å². The third-order valence-corrected chi connectivity index (χ3v) is 3.22. The van der Waals surface area contributed by atoms with Gasteiger partial charge in [-0.2, -0.15) is 0 Å². The summed E-state index contributed by atoms with van der Waals surface area (Å²) >= 11 is 0. The van der Waals surface area contributed by atoms with Gasteiger partial charge in [-0.05, 0) is 24.8 Å². The normalized spacial score (nSPS) is 15.8. The quantitative estimate of drug-likeness (QED) is 0.655. The van der Waals surface area contributed by atoms with Gasteiger partial charge in [0.05, 0.1) is 17.1 Å². The van der Waals surface area contributed by atoms with E-state index in [4.69, 9.17) is 14.6 Å². The van der Waals surface area contributed by atoms with E-state index in [9.17, 15) is 14.9 Å². The molecule has 1 aromatic rings. The minimum Gasteiger partial charge on any atom is -0.486 e. The second-order valence-electron chi connectivity index (χ2n) is 4.61. The van der Waals surface area contributed by atoms with Gasteiger partial charge in [0.1, 0.15) is 0 Å². The van der Waals surface area contributed by atoms with E-state index in [1.165, 1.54) is 12.1 Å². The van der Waals surface area contributed by atoms with E-state index in [-0.39, 0.29) is 22.9 Å². The minimum absolute atomic E-state index is 0.00129. The minimum atomic E-state index is -1.14. The zero-order valence-electron chi connectivity index (χ0n) is 10.8. The van der Waals surface area contributed by atoms with Crippen LogP contribution in [-0.4, -0.2) is 35.8 Å². The lowest BCUT2D eigenvalue weighted by atomic mass is 10.0. The van der Waals surface area contributed by atoms with E-state index in [0.717, 1.165) is 18.9 Å². The van der Waals surface area contributed by atoms with Crippen LogP contribution in [0, 0.1) is 16.0 Å². The number of carboxylic acids is 1. The van der Waals surface area contributed by atoms with E-state index >= 15 is 0 Å². The Morgan fingerprint density at radius 3 is 2.75 bits per heavy atom. The van der Waals surface area contributed by atoms with Crippen LogP contribution < -0.4 is 4.74 Å². The van der Waals surface area contributed by atoms with Gasteiger partial charge in [0.15, 0.2) is 5.75 Å². The molecule has 1 fully saturated rings. The molecule has 1 heterocycles. The van der Waals surface area contributed by atoms with Crippen LogP contribution in [0.3, 0.4) is 0 Å². The summed E-state index contributed by atoms with van der Waals surface area (Å²) in [6, 6.07) is 3.55. The number of aromatic carboxylic acids is 1. The Hall–Kier alpha value is -2.15. The number of hydrogen-bond acceptors (Lipinski definition) is 5. The maximum Gasteiger partial charge on any atom is 0.335 e. The summed E-state index contributed by atoms with van der Waals surface area (Å²) in [7, 11) is 0. The van der Waals surface area contributed by atoms with Crippen molar-refractivity contribution in [1.29, 1.82) is 0 Å². The van der Waals surface area contributed by atoms with Crippen LogP contribution in [-0.2, 0) is 4.74 Å². The van der Waals surface area contributed by atoms with Crippen molar-refractivity contribution in [2.75, 3.05) is 19.8 Å². The van der Waals surface area contributed by atoms with Gasteiger partial charge >= 0.3 is 11.7 Å². The van der Waals surface area contributed by atoms with Gasteiger partial charge in [-0.3, -0.25) is 10.1 Å². The molecule has 1 aliphatic rings. The number of nitro benzene ring substituents is 1. The second-order valence-corrected chi connectivity index (χ2v) is 4.61. The topological polar surface area (TPSA) is 98.9 Å². The fourth-order valence-electron chi connectivity index (χ4n) is 2.03. The van der Waals surface area contributed by atoms with E-state index in [1.54, 1.807) is 0 Å². The van der Waals surface area contributed by atoms with Crippen LogP contribution in [0.25, 0.3) is 0 Å². The second kappa shape index (κ2) is 6.33. The third kappa shape index (κ3) is 3.45. The van der Waals surface area contributed by atoms with Crippen molar-refractivity contribution in [3.05, 3.63) is 33.9 Å². The number of nitrogens with zero attached hydrogens (tertiary/aromatic N) is 1. The van der Waals surface area contributed by atoms with Crippen molar-refractivity contribution in [2.24, 2.45) is 5.92 Å². The van der Waals surface area contributed by atoms with Crippen molar-refractivity contribution in [3.63, 3.8) is 0 Å². The maximum atomic E-state index is 10.9. The van der Waals surface area contributed by atoms with Crippen LogP contribution >= 0.6 is 0 Å². The van der Waals surface area contributed by atoms with Gasteiger partial charge in [-0.15, -0.1) is 0 Å². The van der Waals surface area contributed by atoms with Crippen molar-refractivity contribution in [1.82, 2.24) is 0 Å². The van der Waals surface area contributed by atoms with Crippen molar-refractivity contribution < 1.29 is 24.3 Å². The highest BCUT2D eigenvalue weighted by atomic mass is 16.6. The van der Waals surface area contributed by atoms with Gasteiger partial charge < -0.3 is 14.6 Å². The Bertz CT molecular complexity index is 510. The van der Waals surface area contributed by atoms with Crippen molar-refractivity contribution in [3.8, 4) is 5.75 Å². The fourth-order valence-corrected chi connectivity index (χ4v) is 2.03. The van der Waals surface area contributed by atoms with E-state index in [1.807, 2.05) is 0 Å². The number of rotatable bonds is 5. The Balaban J connectivity index is 2.12. The van der Waals surface area contributed by atoms with Gasteiger partial charge in [0.25, 0.3) is 0 Å². The highest BCUT2D eigenvalue weighted by Crippen LogP contribution is 2.29. The van der Waals surface area contributed by atoms with Crippen molar-refractivity contribution >= 4 is 11.7 Å². The highest BCUT2D eigenvalue weighted by Gasteiger charge is 2.20. The predicted molar refractivity (Wildman–Crippen MR) is 69.1 cm³/mol. The van der Waals surface area contributed by atoms with Crippen LogP contribution in [0.15, 0.2) is 18.2 Å². The number of nitro groups is 1. The molecule has 1 aliphatic heterocycles. The summed E-state index contributed by atoms with van der Waals surface area (Å²) in [4.78, 5) is 21.2. The standard InChI is InChI=1S/C13H15NO6/c15-13(16)10-1-2-11(14(17)18)12(7-10)20-8-9-3-5-19-6-4-9/h1-2,7,9H,3-6,8H2,(H,15,16). The summed E-state index contributed by atoms with van der Waals surface area (Å²) in [5.74, 6) is -0.867.